The zero-order valence-electron chi connectivity index (χ0n) is 14.7. The minimum atomic E-state index is -0.0684. The van der Waals surface area contributed by atoms with Crippen LogP contribution in [-0.4, -0.2) is 52.5 Å². The van der Waals surface area contributed by atoms with Gasteiger partial charge in [-0.2, -0.15) is 0 Å². The number of aromatic nitrogens is 1. The number of benzene rings is 1. The van der Waals surface area contributed by atoms with Crippen molar-refractivity contribution in [2.45, 2.75) is 6.42 Å². The molecule has 134 valence electrons. The molecule has 2 amide bonds. The third kappa shape index (κ3) is 4.52. The average Bonchev–Trinajstić information content (AvgIpc) is 2.69. The van der Waals surface area contributed by atoms with Gasteiger partial charge < -0.3 is 9.80 Å². The minimum Gasteiger partial charge on any atom is -0.344 e. The van der Waals surface area contributed by atoms with Crippen LogP contribution in [0.2, 0.25) is 0 Å². The zero-order valence-corrected chi connectivity index (χ0v) is 15.5. The van der Waals surface area contributed by atoms with E-state index in [1.165, 1.54) is 11.8 Å². The fourth-order valence-electron chi connectivity index (χ4n) is 2.70. The van der Waals surface area contributed by atoms with Crippen molar-refractivity contribution in [1.82, 2.24) is 14.8 Å². The summed E-state index contributed by atoms with van der Waals surface area (Å²) < 4.78 is 0. The molecule has 6 heteroatoms. The number of nitrogens with zero attached hydrogens (tertiary/aromatic N) is 3. The molecule has 1 aliphatic heterocycles. The number of rotatable bonds is 6. The summed E-state index contributed by atoms with van der Waals surface area (Å²) in [4.78, 5) is 32.3. The van der Waals surface area contributed by atoms with Gasteiger partial charge in [-0.05, 0) is 35.1 Å². The Labute approximate surface area is 157 Å². The first-order valence-corrected chi connectivity index (χ1v) is 9.50. The molecule has 0 atom stereocenters. The molecule has 5 nitrogen and oxygen atoms in total. The van der Waals surface area contributed by atoms with Crippen LogP contribution in [0.1, 0.15) is 11.1 Å². The van der Waals surface area contributed by atoms with Crippen molar-refractivity contribution < 1.29 is 9.59 Å². The van der Waals surface area contributed by atoms with Crippen molar-refractivity contribution in [3.05, 3.63) is 71.4 Å². The smallest absolute Gasteiger partial charge is 0.242 e. The fraction of sp³-hybridized carbons (Fsp3) is 0.250. The lowest BCUT2D eigenvalue weighted by molar-refractivity contribution is -0.135. The lowest BCUT2D eigenvalue weighted by atomic mass is 10.1. The zero-order chi connectivity index (χ0) is 18.4. The summed E-state index contributed by atoms with van der Waals surface area (Å²) >= 11 is 1.47. The molecule has 0 unspecified atom stereocenters. The Balaban J connectivity index is 1.65. The molecule has 1 aromatic heterocycles. The summed E-state index contributed by atoms with van der Waals surface area (Å²) in [6.07, 6.45) is 4.26. The van der Waals surface area contributed by atoms with E-state index >= 15 is 0 Å². The maximum Gasteiger partial charge on any atom is 0.242 e. The third-order valence-electron chi connectivity index (χ3n) is 4.27. The van der Waals surface area contributed by atoms with Crippen LogP contribution in [0.4, 0.5) is 0 Å². The lowest BCUT2D eigenvalue weighted by Crippen LogP contribution is -2.42. The number of hydrogen-bond donors (Lipinski definition) is 0. The van der Waals surface area contributed by atoms with E-state index in [9.17, 15) is 9.59 Å². The molecule has 0 saturated carbocycles. The number of amides is 2. The first-order valence-electron chi connectivity index (χ1n) is 8.45. The summed E-state index contributed by atoms with van der Waals surface area (Å²) in [6, 6.07) is 13.6. The number of carbonyl (C=O) groups is 2. The van der Waals surface area contributed by atoms with E-state index < -0.39 is 0 Å². The highest BCUT2D eigenvalue weighted by molar-refractivity contribution is 8.03. The van der Waals surface area contributed by atoms with Crippen molar-refractivity contribution >= 4 is 29.3 Å². The van der Waals surface area contributed by atoms with Gasteiger partial charge in [-0.25, -0.2) is 0 Å². The topological polar surface area (TPSA) is 53.5 Å². The molecular formula is C20H21N3O2S. The number of hydrogen-bond acceptors (Lipinski definition) is 4. The van der Waals surface area contributed by atoms with E-state index in [2.05, 4.69) is 4.98 Å². The van der Waals surface area contributed by atoms with Gasteiger partial charge in [-0.15, -0.1) is 11.8 Å². The Kier molecular flexibility index (Phi) is 6.07. The summed E-state index contributed by atoms with van der Waals surface area (Å²) in [5.74, 6) is 0.262. The fourth-order valence-corrected chi connectivity index (χ4v) is 3.50. The van der Waals surface area contributed by atoms with Gasteiger partial charge in [0.25, 0.3) is 0 Å². The van der Waals surface area contributed by atoms with Crippen molar-refractivity contribution in [3.8, 4) is 0 Å². The van der Waals surface area contributed by atoms with Gasteiger partial charge >= 0.3 is 0 Å². The highest BCUT2D eigenvalue weighted by Gasteiger charge is 2.26. The molecule has 0 fully saturated rings. The van der Waals surface area contributed by atoms with Crippen LogP contribution >= 0.6 is 11.8 Å². The standard InChI is InChI=1S/C20H21N3O2S/c1-22(12-9-16-7-10-21-11-8-16)19(24)13-23-18(14-26-15-20(23)25)17-5-3-2-4-6-17/h2-8,10-11,14H,9,12-13,15H2,1H3. The predicted molar refractivity (Wildman–Crippen MR) is 104 cm³/mol. The van der Waals surface area contributed by atoms with Crippen LogP contribution in [0.3, 0.4) is 0 Å². The van der Waals surface area contributed by atoms with Crippen molar-refractivity contribution in [1.29, 1.82) is 0 Å². The van der Waals surface area contributed by atoms with Gasteiger partial charge in [0.1, 0.15) is 6.54 Å². The first-order chi connectivity index (χ1) is 12.6. The number of pyridine rings is 1. The van der Waals surface area contributed by atoms with Gasteiger partial charge in [-0.1, -0.05) is 30.3 Å². The summed E-state index contributed by atoms with van der Waals surface area (Å²) in [7, 11) is 1.78. The maximum absolute atomic E-state index is 12.6. The van der Waals surface area contributed by atoms with E-state index in [4.69, 9.17) is 0 Å². The Morgan fingerprint density at radius 2 is 1.92 bits per heavy atom. The highest BCUT2D eigenvalue weighted by atomic mass is 32.2. The number of likely N-dealkylation sites (N-methyl/N-ethyl adjacent to an activating group) is 1. The molecule has 0 N–H and O–H groups in total. The van der Waals surface area contributed by atoms with Crippen LogP contribution < -0.4 is 0 Å². The Hall–Kier alpha value is -2.60. The maximum atomic E-state index is 12.6. The van der Waals surface area contributed by atoms with E-state index in [-0.39, 0.29) is 18.4 Å². The second kappa shape index (κ2) is 8.67. The Morgan fingerprint density at radius 3 is 2.65 bits per heavy atom. The van der Waals surface area contributed by atoms with E-state index in [1.54, 1.807) is 29.2 Å². The van der Waals surface area contributed by atoms with Gasteiger partial charge in [0.05, 0.1) is 11.4 Å². The second-order valence-corrected chi connectivity index (χ2v) is 6.94. The monoisotopic (exact) mass is 367 g/mol. The molecule has 2 aromatic rings. The predicted octanol–water partition coefficient (Wildman–Crippen LogP) is 2.66. The third-order valence-corrected chi connectivity index (χ3v) is 5.07. The second-order valence-electron chi connectivity index (χ2n) is 6.08. The molecule has 0 saturated heterocycles. The molecule has 0 radical (unpaired) electrons. The SMILES string of the molecule is CN(CCc1ccncc1)C(=O)CN1C(=O)CSC=C1c1ccccc1. The van der Waals surface area contributed by atoms with Gasteiger partial charge in [-0.3, -0.25) is 14.6 Å². The molecular weight excluding hydrogens is 346 g/mol. The van der Waals surface area contributed by atoms with Gasteiger partial charge in [0.15, 0.2) is 0 Å². The van der Waals surface area contributed by atoms with Crippen molar-refractivity contribution in [2.24, 2.45) is 0 Å². The Morgan fingerprint density at radius 1 is 1.19 bits per heavy atom. The van der Waals surface area contributed by atoms with Crippen LogP contribution in [0.5, 0.6) is 0 Å². The Bertz CT molecular complexity index is 793. The molecule has 3 rings (SSSR count). The molecule has 1 aliphatic rings. The normalized spacial score (nSPS) is 14.1. The van der Waals surface area contributed by atoms with Crippen LogP contribution in [0, 0.1) is 0 Å². The highest BCUT2D eigenvalue weighted by Crippen LogP contribution is 2.28. The van der Waals surface area contributed by atoms with E-state index in [1.807, 2.05) is 47.9 Å². The minimum absolute atomic E-state index is 0.0350. The van der Waals surface area contributed by atoms with Gasteiger partial charge in [0.2, 0.25) is 11.8 Å². The van der Waals surface area contributed by atoms with Gasteiger partial charge in [0, 0.05) is 26.0 Å². The largest absolute Gasteiger partial charge is 0.344 e. The first kappa shape index (κ1) is 18.2. The van der Waals surface area contributed by atoms with Crippen molar-refractivity contribution in [3.63, 3.8) is 0 Å². The summed E-state index contributed by atoms with van der Waals surface area (Å²) in [5, 5.41) is 1.96. The molecule has 0 aliphatic carbocycles. The molecule has 0 spiro atoms. The average molecular weight is 367 g/mol. The summed E-state index contributed by atoms with van der Waals surface area (Å²) in [5.41, 5.74) is 2.87. The lowest BCUT2D eigenvalue weighted by Gasteiger charge is -2.30. The number of thioether (sulfide) groups is 1. The summed E-state index contributed by atoms with van der Waals surface area (Å²) in [6.45, 7) is 0.664. The van der Waals surface area contributed by atoms with E-state index in [0.29, 0.717) is 12.3 Å². The molecule has 26 heavy (non-hydrogen) atoms. The molecule has 1 aromatic carbocycles. The van der Waals surface area contributed by atoms with E-state index in [0.717, 1.165) is 23.2 Å². The quantitative estimate of drug-likeness (QED) is 0.788. The van der Waals surface area contributed by atoms with Crippen LogP contribution in [0.15, 0.2) is 60.3 Å². The molecule has 2 heterocycles. The number of carbonyl (C=O) groups excluding carboxylic acids is 2. The van der Waals surface area contributed by atoms with Crippen molar-refractivity contribution in [2.75, 3.05) is 25.9 Å². The van der Waals surface area contributed by atoms with Crippen LogP contribution in [-0.2, 0) is 16.0 Å². The van der Waals surface area contributed by atoms with Crippen LogP contribution in [0.25, 0.3) is 5.70 Å². The molecule has 0 bridgehead atoms.